The van der Waals surface area contributed by atoms with Gasteiger partial charge in [-0.25, -0.2) is 13.4 Å². The maximum Gasteiger partial charge on any atom is 0.299 e. The van der Waals surface area contributed by atoms with Gasteiger partial charge in [-0.1, -0.05) is 37.3 Å². The molecular formula is C23H21N3O4S. The molecule has 0 bridgehead atoms. The molecule has 8 heteroatoms. The normalized spacial score (nSPS) is 11.3. The van der Waals surface area contributed by atoms with E-state index in [1.807, 2.05) is 42.6 Å². The number of nitrogens with zero attached hydrogens (tertiary/aromatic N) is 2. The fourth-order valence-corrected chi connectivity index (χ4v) is 3.99. The number of hydrogen-bond donors (Lipinski definition) is 1. The number of nitrogens with one attached hydrogen (secondary N) is 1. The van der Waals surface area contributed by atoms with E-state index in [-0.39, 0.29) is 16.7 Å². The maximum atomic E-state index is 12.2. The molecule has 0 radical (unpaired) electrons. The minimum absolute atomic E-state index is 0.0109. The SMILES string of the molecule is CCS(=O)(=O)c1ccc(OC)c(Nc2ncc(-c3ccc(-c4cccnc4)cc3)o2)c1. The van der Waals surface area contributed by atoms with Crippen molar-refractivity contribution in [2.45, 2.75) is 11.8 Å². The largest absolute Gasteiger partial charge is 0.495 e. The van der Waals surface area contributed by atoms with Crippen LogP contribution in [-0.2, 0) is 9.84 Å². The Kier molecular flexibility index (Phi) is 5.73. The lowest BCUT2D eigenvalue weighted by Gasteiger charge is -2.11. The molecule has 31 heavy (non-hydrogen) atoms. The average molecular weight is 436 g/mol. The Balaban J connectivity index is 1.58. The molecule has 0 fully saturated rings. The summed E-state index contributed by atoms with van der Waals surface area (Å²) >= 11 is 0. The maximum absolute atomic E-state index is 12.2. The number of rotatable bonds is 7. The van der Waals surface area contributed by atoms with Crippen molar-refractivity contribution >= 4 is 21.5 Å². The first-order valence-electron chi connectivity index (χ1n) is 9.64. The zero-order chi connectivity index (χ0) is 21.8. The van der Waals surface area contributed by atoms with Gasteiger partial charge in [0.2, 0.25) is 0 Å². The van der Waals surface area contributed by atoms with Crippen molar-refractivity contribution in [2.75, 3.05) is 18.2 Å². The minimum Gasteiger partial charge on any atom is -0.495 e. The summed E-state index contributed by atoms with van der Waals surface area (Å²) in [6.07, 6.45) is 5.16. The smallest absolute Gasteiger partial charge is 0.299 e. The van der Waals surface area contributed by atoms with Crippen LogP contribution >= 0.6 is 0 Å². The topological polar surface area (TPSA) is 94.3 Å². The van der Waals surface area contributed by atoms with Crippen molar-refractivity contribution in [3.8, 4) is 28.2 Å². The molecule has 0 spiro atoms. The number of sulfone groups is 1. The molecule has 0 unspecified atom stereocenters. The quantitative estimate of drug-likeness (QED) is 0.439. The molecule has 1 N–H and O–H groups in total. The summed E-state index contributed by atoms with van der Waals surface area (Å²) in [4.78, 5) is 8.61. The predicted octanol–water partition coefficient (Wildman–Crippen LogP) is 4.95. The number of ether oxygens (including phenoxy) is 1. The van der Waals surface area contributed by atoms with Crippen LogP contribution in [0.15, 0.2) is 82.5 Å². The minimum atomic E-state index is -3.35. The molecule has 158 valence electrons. The number of oxazole rings is 1. The van der Waals surface area contributed by atoms with Crippen molar-refractivity contribution in [1.29, 1.82) is 0 Å². The van der Waals surface area contributed by atoms with Crippen LogP contribution < -0.4 is 10.1 Å². The summed E-state index contributed by atoms with van der Waals surface area (Å²) in [6.45, 7) is 1.60. The van der Waals surface area contributed by atoms with Gasteiger partial charge in [0, 0.05) is 18.0 Å². The lowest BCUT2D eigenvalue weighted by molar-refractivity contribution is 0.416. The molecule has 0 aliphatic carbocycles. The highest BCUT2D eigenvalue weighted by molar-refractivity contribution is 7.91. The lowest BCUT2D eigenvalue weighted by Crippen LogP contribution is -2.05. The second kappa shape index (κ2) is 8.61. The van der Waals surface area contributed by atoms with Gasteiger partial charge in [-0.3, -0.25) is 4.98 Å². The fraction of sp³-hybridized carbons (Fsp3) is 0.130. The summed E-state index contributed by atoms with van der Waals surface area (Å²) in [5.74, 6) is 1.07. The van der Waals surface area contributed by atoms with Gasteiger partial charge in [-0.15, -0.1) is 0 Å². The third-order valence-electron chi connectivity index (χ3n) is 4.82. The monoisotopic (exact) mass is 435 g/mol. The van der Waals surface area contributed by atoms with E-state index >= 15 is 0 Å². The summed E-state index contributed by atoms with van der Waals surface area (Å²) in [5.41, 5.74) is 3.40. The summed E-state index contributed by atoms with van der Waals surface area (Å²) in [7, 11) is -1.84. The van der Waals surface area contributed by atoms with E-state index in [0.717, 1.165) is 16.7 Å². The van der Waals surface area contributed by atoms with E-state index in [0.29, 0.717) is 17.2 Å². The Morgan fingerprint density at radius 2 is 1.77 bits per heavy atom. The molecular weight excluding hydrogens is 414 g/mol. The molecule has 0 aliphatic rings. The van der Waals surface area contributed by atoms with Gasteiger partial charge in [0.1, 0.15) is 5.75 Å². The number of benzene rings is 2. The van der Waals surface area contributed by atoms with Crippen LogP contribution in [0.1, 0.15) is 6.92 Å². The van der Waals surface area contributed by atoms with Crippen LogP contribution in [0.4, 0.5) is 11.7 Å². The van der Waals surface area contributed by atoms with Crippen molar-refractivity contribution in [2.24, 2.45) is 0 Å². The molecule has 4 aromatic rings. The molecule has 2 aromatic heterocycles. The molecule has 0 saturated heterocycles. The standard InChI is InChI=1S/C23H21N3O4S/c1-3-31(27,28)19-10-11-21(29-2)20(13-19)26-23-25-15-22(30-23)17-8-6-16(7-9-17)18-5-4-12-24-14-18/h4-15H,3H2,1-2H3,(H,25,26). The van der Waals surface area contributed by atoms with Crippen LogP contribution in [-0.4, -0.2) is 31.2 Å². The van der Waals surface area contributed by atoms with E-state index in [9.17, 15) is 8.42 Å². The zero-order valence-electron chi connectivity index (χ0n) is 17.1. The molecule has 7 nitrogen and oxygen atoms in total. The van der Waals surface area contributed by atoms with Crippen molar-refractivity contribution in [1.82, 2.24) is 9.97 Å². The van der Waals surface area contributed by atoms with Crippen LogP contribution in [0.25, 0.3) is 22.5 Å². The van der Waals surface area contributed by atoms with Gasteiger partial charge in [0.25, 0.3) is 6.01 Å². The number of anilines is 2. The summed E-state index contributed by atoms with van der Waals surface area (Å²) in [6, 6.07) is 16.6. The Labute approximate surface area is 180 Å². The van der Waals surface area contributed by atoms with Crippen molar-refractivity contribution < 1.29 is 17.6 Å². The molecule has 4 rings (SSSR count). The predicted molar refractivity (Wildman–Crippen MR) is 119 cm³/mol. The highest BCUT2D eigenvalue weighted by Gasteiger charge is 2.16. The zero-order valence-corrected chi connectivity index (χ0v) is 17.9. The van der Waals surface area contributed by atoms with Crippen LogP contribution in [0, 0.1) is 0 Å². The fourth-order valence-electron chi connectivity index (χ4n) is 3.09. The van der Waals surface area contributed by atoms with Gasteiger partial charge in [0.15, 0.2) is 15.6 Å². The van der Waals surface area contributed by atoms with E-state index < -0.39 is 9.84 Å². The third kappa shape index (κ3) is 4.44. The van der Waals surface area contributed by atoms with Gasteiger partial charge in [-0.05, 0) is 35.4 Å². The first kappa shape index (κ1) is 20.6. The summed E-state index contributed by atoms with van der Waals surface area (Å²) in [5, 5.41) is 3.01. The van der Waals surface area contributed by atoms with Gasteiger partial charge >= 0.3 is 0 Å². The lowest BCUT2D eigenvalue weighted by atomic mass is 10.1. The van der Waals surface area contributed by atoms with Crippen LogP contribution in [0.5, 0.6) is 5.75 Å². The highest BCUT2D eigenvalue weighted by atomic mass is 32.2. The van der Waals surface area contributed by atoms with E-state index in [1.165, 1.54) is 19.2 Å². The van der Waals surface area contributed by atoms with Gasteiger partial charge in [-0.2, -0.15) is 0 Å². The van der Waals surface area contributed by atoms with E-state index in [4.69, 9.17) is 9.15 Å². The number of pyridine rings is 1. The molecule has 2 aromatic carbocycles. The third-order valence-corrected chi connectivity index (χ3v) is 6.55. The number of methoxy groups -OCH3 is 1. The Morgan fingerprint density at radius 1 is 1.00 bits per heavy atom. The first-order chi connectivity index (χ1) is 15.0. The number of hydrogen-bond acceptors (Lipinski definition) is 7. The molecule has 0 atom stereocenters. The second-order valence-corrected chi connectivity index (χ2v) is 9.02. The van der Waals surface area contributed by atoms with Crippen molar-refractivity contribution in [3.05, 3.63) is 73.2 Å². The average Bonchev–Trinajstić information content (AvgIpc) is 3.28. The van der Waals surface area contributed by atoms with E-state index in [2.05, 4.69) is 15.3 Å². The number of aromatic nitrogens is 2. The molecule has 0 saturated carbocycles. The first-order valence-corrected chi connectivity index (χ1v) is 11.3. The summed E-state index contributed by atoms with van der Waals surface area (Å²) < 4.78 is 35.6. The van der Waals surface area contributed by atoms with Crippen LogP contribution in [0.3, 0.4) is 0 Å². The highest BCUT2D eigenvalue weighted by Crippen LogP contribution is 2.32. The van der Waals surface area contributed by atoms with Crippen molar-refractivity contribution in [3.63, 3.8) is 0 Å². The Hall–Kier alpha value is -3.65. The molecule has 0 aliphatic heterocycles. The van der Waals surface area contributed by atoms with Gasteiger partial charge < -0.3 is 14.5 Å². The van der Waals surface area contributed by atoms with Gasteiger partial charge in [0.05, 0.1) is 29.6 Å². The Morgan fingerprint density at radius 3 is 2.45 bits per heavy atom. The van der Waals surface area contributed by atoms with Crippen LogP contribution in [0.2, 0.25) is 0 Å². The second-order valence-electron chi connectivity index (χ2n) is 6.74. The molecule has 0 amide bonds. The van der Waals surface area contributed by atoms with E-state index in [1.54, 1.807) is 25.4 Å². The molecule has 2 heterocycles. The Bertz CT molecular complexity index is 1280.